The minimum Gasteiger partial charge on any atom is -0.390 e. The standard InChI is InChI=1S/C24H25BrN6O2/c25-16-7-14-2-1-12(6-17(14)30-22(16)27)5-13-8-24(9-13)10-18(19(32)20(24)33)31-4-3-15-21(26)28-11-29-23(15)31/h1-4,6-7,11,13,18-20,32-33H,5,8-10H2,(H2,27,30)(H2,26,28,29)/t13-,18-,19+,20+,24-/m1/s1. The third-order valence-corrected chi connectivity index (χ3v) is 8.27. The minimum atomic E-state index is -0.843. The normalized spacial score (nSPS) is 29.2. The van der Waals surface area contributed by atoms with Gasteiger partial charge in [-0.2, -0.15) is 0 Å². The van der Waals surface area contributed by atoms with Gasteiger partial charge in [-0.3, -0.25) is 0 Å². The molecule has 170 valence electrons. The third kappa shape index (κ3) is 3.21. The van der Waals surface area contributed by atoms with E-state index >= 15 is 0 Å². The number of nitrogen functional groups attached to an aromatic ring is 2. The number of aliphatic hydroxyl groups is 2. The van der Waals surface area contributed by atoms with Crippen LogP contribution in [-0.4, -0.2) is 41.9 Å². The van der Waals surface area contributed by atoms with Crippen LogP contribution in [0.15, 0.2) is 47.3 Å². The number of aromatic nitrogens is 4. The van der Waals surface area contributed by atoms with Gasteiger partial charge in [-0.1, -0.05) is 12.1 Å². The van der Waals surface area contributed by atoms with E-state index in [1.165, 1.54) is 11.9 Å². The van der Waals surface area contributed by atoms with Gasteiger partial charge in [-0.05, 0) is 71.3 Å². The summed E-state index contributed by atoms with van der Waals surface area (Å²) in [5, 5.41) is 23.7. The van der Waals surface area contributed by atoms with Crippen molar-refractivity contribution in [2.75, 3.05) is 11.5 Å². The van der Waals surface area contributed by atoms with Gasteiger partial charge in [-0.15, -0.1) is 0 Å². The molecular formula is C24H25BrN6O2. The van der Waals surface area contributed by atoms with Crippen LogP contribution in [0.1, 0.15) is 30.9 Å². The fraction of sp³-hybridized carbons (Fsp3) is 0.375. The van der Waals surface area contributed by atoms with Crippen LogP contribution in [0.5, 0.6) is 0 Å². The molecule has 2 aliphatic carbocycles. The summed E-state index contributed by atoms with van der Waals surface area (Å²) in [5.41, 5.74) is 14.5. The van der Waals surface area contributed by atoms with E-state index in [-0.39, 0.29) is 11.5 Å². The second-order valence-electron chi connectivity index (χ2n) is 9.65. The molecule has 3 heterocycles. The summed E-state index contributed by atoms with van der Waals surface area (Å²) >= 11 is 3.43. The molecule has 2 fully saturated rings. The van der Waals surface area contributed by atoms with Crippen molar-refractivity contribution in [2.24, 2.45) is 11.3 Å². The summed E-state index contributed by atoms with van der Waals surface area (Å²) in [7, 11) is 0. The maximum Gasteiger partial charge on any atom is 0.145 e. The number of anilines is 2. The molecule has 6 N–H and O–H groups in total. The number of hydrogen-bond acceptors (Lipinski definition) is 7. The Hall–Kier alpha value is -2.75. The molecule has 0 aliphatic heterocycles. The summed E-state index contributed by atoms with van der Waals surface area (Å²) in [5.74, 6) is 1.36. The van der Waals surface area contributed by atoms with Crippen LogP contribution < -0.4 is 11.5 Å². The summed E-state index contributed by atoms with van der Waals surface area (Å²) in [6.07, 6.45) is 5.11. The molecule has 0 unspecified atom stereocenters. The van der Waals surface area contributed by atoms with Crippen molar-refractivity contribution >= 4 is 49.5 Å². The van der Waals surface area contributed by atoms with E-state index in [0.717, 1.165) is 40.0 Å². The Morgan fingerprint density at radius 1 is 1.06 bits per heavy atom. The van der Waals surface area contributed by atoms with Crippen molar-refractivity contribution in [3.05, 3.63) is 52.9 Å². The van der Waals surface area contributed by atoms with Gasteiger partial charge < -0.3 is 26.2 Å². The summed E-state index contributed by atoms with van der Waals surface area (Å²) in [6, 6.07) is 9.93. The molecule has 6 rings (SSSR count). The number of nitrogens with two attached hydrogens (primary N) is 2. The molecule has 1 spiro atoms. The Balaban J connectivity index is 1.20. The van der Waals surface area contributed by atoms with Crippen molar-refractivity contribution in [1.29, 1.82) is 0 Å². The van der Waals surface area contributed by atoms with Crippen LogP contribution in [0, 0.1) is 11.3 Å². The molecule has 0 saturated heterocycles. The first kappa shape index (κ1) is 20.8. The molecule has 33 heavy (non-hydrogen) atoms. The second-order valence-corrected chi connectivity index (χ2v) is 10.5. The molecule has 0 radical (unpaired) electrons. The molecule has 0 amide bonds. The highest BCUT2D eigenvalue weighted by molar-refractivity contribution is 9.10. The number of hydrogen-bond donors (Lipinski definition) is 4. The van der Waals surface area contributed by atoms with E-state index in [2.05, 4.69) is 49.1 Å². The van der Waals surface area contributed by atoms with Gasteiger partial charge in [0.05, 0.1) is 27.5 Å². The first-order chi connectivity index (χ1) is 15.8. The smallest absolute Gasteiger partial charge is 0.145 e. The molecule has 9 heteroatoms. The molecule has 2 aliphatic rings. The highest BCUT2D eigenvalue weighted by atomic mass is 79.9. The van der Waals surface area contributed by atoms with Crippen LogP contribution in [0.3, 0.4) is 0 Å². The monoisotopic (exact) mass is 508 g/mol. The lowest BCUT2D eigenvalue weighted by Gasteiger charge is -2.48. The Labute approximate surface area is 198 Å². The molecule has 8 nitrogen and oxygen atoms in total. The average Bonchev–Trinajstić information content (AvgIpc) is 3.30. The topological polar surface area (TPSA) is 136 Å². The van der Waals surface area contributed by atoms with E-state index < -0.39 is 12.2 Å². The van der Waals surface area contributed by atoms with Gasteiger partial charge in [-0.25, -0.2) is 15.0 Å². The van der Waals surface area contributed by atoms with Gasteiger partial charge in [0.1, 0.15) is 29.7 Å². The van der Waals surface area contributed by atoms with E-state index in [0.29, 0.717) is 29.6 Å². The first-order valence-electron chi connectivity index (χ1n) is 11.1. The van der Waals surface area contributed by atoms with Gasteiger partial charge in [0.15, 0.2) is 0 Å². The highest BCUT2D eigenvalue weighted by Crippen LogP contribution is 2.60. The predicted molar refractivity (Wildman–Crippen MR) is 130 cm³/mol. The van der Waals surface area contributed by atoms with Crippen molar-refractivity contribution in [3.8, 4) is 0 Å². The Bertz CT molecular complexity index is 1380. The first-order valence-corrected chi connectivity index (χ1v) is 11.9. The predicted octanol–water partition coefficient (Wildman–Crippen LogP) is 3.21. The maximum atomic E-state index is 11.0. The zero-order valence-corrected chi connectivity index (χ0v) is 19.5. The number of benzene rings is 1. The quantitative estimate of drug-likeness (QED) is 0.333. The van der Waals surface area contributed by atoms with Gasteiger partial charge >= 0.3 is 0 Å². The second kappa shape index (κ2) is 7.38. The van der Waals surface area contributed by atoms with Crippen LogP contribution >= 0.6 is 15.9 Å². The minimum absolute atomic E-state index is 0.237. The fourth-order valence-electron chi connectivity index (χ4n) is 6.06. The fourth-order valence-corrected chi connectivity index (χ4v) is 6.39. The summed E-state index contributed by atoms with van der Waals surface area (Å²) < 4.78 is 2.75. The zero-order valence-electron chi connectivity index (χ0n) is 17.9. The molecule has 3 aromatic heterocycles. The van der Waals surface area contributed by atoms with E-state index in [9.17, 15) is 10.2 Å². The van der Waals surface area contributed by atoms with Crippen LogP contribution in [0.25, 0.3) is 21.9 Å². The largest absolute Gasteiger partial charge is 0.390 e. The van der Waals surface area contributed by atoms with Crippen molar-refractivity contribution in [3.63, 3.8) is 0 Å². The number of aliphatic hydroxyl groups excluding tert-OH is 2. The Kier molecular flexibility index (Phi) is 4.66. The lowest BCUT2D eigenvalue weighted by Crippen LogP contribution is -2.46. The van der Waals surface area contributed by atoms with Gasteiger partial charge in [0, 0.05) is 17.0 Å². The summed E-state index contributed by atoms with van der Waals surface area (Å²) in [6.45, 7) is 0. The Morgan fingerprint density at radius 2 is 1.88 bits per heavy atom. The Morgan fingerprint density at radius 3 is 2.70 bits per heavy atom. The number of halogens is 1. The molecule has 4 aromatic rings. The molecule has 0 bridgehead atoms. The molecule has 1 aromatic carbocycles. The molecular weight excluding hydrogens is 484 g/mol. The zero-order chi connectivity index (χ0) is 22.9. The number of fused-ring (bicyclic) bond motifs is 2. The van der Waals surface area contributed by atoms with Crippen LogP contribution in [0.4, 0.5) is 11.6 Å². The average molecular weight is 509 g/mol. The van der Waals surface area contributed by atoms with Crippen LogP contribution in [0.2, 0.25) is 0 Å². The maximum absolute atomic E-state index is 11.0. The van der Waals surface area contributed by atoms with Crippen molar-refractivity contribution in [2.45, 2.75) is 43.9 Å². The van der Waals surface area contributed by atoms with Crippen LogP contribution in [-0.2, 0) is 6.42 Å². The van der Waals surface area contributed by atoms with Crippen molar-refractivity contribution < 1.29 is 10.2 Å². The number of rotatable bonds is 3. The lowest BCUT2D eigenvalue weighted by molar-refractivity contribution is -0.0841. The van der Waals surface area contributed by atoms with Gasteiger partial charge in [0.25, 0.3) is 0 Å². The number of nitrogens with zero attached hydrogens (tertiary/aromatic N) is 4. The highest BCUT2D eigenvalue weighted by Gasteiger charge is 2.59. The molecule has 3 atom stereocenters. The summed E-state index contributed by atoms with van der Waals surface area (Å²) in [4.78, 5) is 12.9. The molecule has 2 saturated carbocycles. The lowest BCUT2D eigenvalue weighted by atomic mass is 9.58. The van der Waals surface area contributed by atoms with E-state index in [4.69, 9.17) is 11.5 Å². The third-order valence-electron chi connectivity index (χ3n) is 7.64. The van der Waals surface area contributed by atoms with Crippen molar-refractivity contribution in [1.82, 2.24) is 19.5 Å². The number of pyridine rings is 1. The SMILES string of the molecule is Nc1nc2cc(C[C@H]3C[C@@]4(C[C@@H](n5ccc6c(N)ncnc65)[C@H](O)[C@@H]4O)C3)ccc2cc1Br. The van der Waals surface area contributed by atoms with Gasteiger partial charge in [0.2, 0.25) is 0 Å². The van der Waals surface area contributed by atoms with E-state index in [1.807, 2.05) is 22.9 Å². The van der Waals surface area contributed by atoms with E-state index in [1.54, 1.807) is 0 Å².